The third-order valence-electron chi connectivity index (χ3n) is 19.9. The van der Waals surface area contributed by atoms with Crippen molar-refractivity contribution in [2.75, 3.05) is 193 Å². The molecular weight excluding hydrogens is 1320 g/mol. The maximum Gasteiger partial charge on any atom is 0.330 e. The molecule has 1 aromatic heterocycles. The van der Waals surface area contributed by atoms with Crippen molar-refractivity contribution in [3.8, 4) is 28.4 Å². The Kier molecular flexibility index (Phi) is 32.6. The van der Waals surface area contributed by atoms with E-state index in [-0.39, 0.29) is 112 Å². The van der Waals surface area contributed by atoms with Crippen LogP contribution in [0.1, 0.15) is 117 Å². The summed E-state index contributed by atoms with van der Waals surface area (Å²) in [6.45, 7) is 11.2. The summed E-state index contributed by atoms with van der Waals surface area (Å²) in [6.07, 6.45) is 6.99. The molecule has 1 saturated heterocycles. The molecule has 102 heavy (non-hydrogen) atoms. The number of rotatable bonds is 42. The Hall–Kier alpha value is -7.84. The molecule has 30 heteroatoms. The second kappa shape index (κ2) is 40.9. The summed E-state index contributed by atoms with van der Waals surface area (Å²) in [7, 11) is 8.62. The van der Waals surface area contributed by atoms with Crippen LogP contribution in [0.5, 0.6) is 11.5 Å². The van der Waals surface area contributed by atoms with Gasteiger partial charge in [-0.05, 0) is 149 Å². The van der Waals surface area contributed by atoms with E-state index in [9.17, 15) is 63.6 Å². The zero-order valence-corrected chi connectivity index (χ0v) is 60.7. The lowest BCUT2D eigenvalue weighted by Gasteiger charge is -2.59. The molecule has 1 aliphatic heterocycles. The number of aromatic nitrogens is 2. The van der Waals surface area contributed by atoms with Gasteiger partial charge in [-0.2, -0.15) is 5.10 Å². The van der Waals surface area contributed by atoms with Gasteiger partial charge in [-0.1, -0.05) is 19.9 Å². The number of carbonyl (C=O) groups is 9. The van der Waals surface area contributed by atoms with Crippen molar-refractivity contribution in [2.24, 2.45) is 23.7 Å². The highest BCUT2D eigenvalue weighted by molar-refractivity contribution is 5.99. The lowest BCUT2D eigenvalue weighted by atomic mass is 9.48. The van der Waals surface area contributed by atoms with Crippen LogP contribution in [0, 0.1) is 23.7 Å². The molecule has 8 rings (SSSR count). The molecule has 4 bridgehead atoms. The molecule has 4 aliphatic carbocycles. The van der Waals surface area contributed by atoms with Crippen LogP contribution in [0.3, 0.4) is 0 Å². The first-order chi connectivity index (χ1) is 48.9. The molecule has 5 fully saturated rings. The maximum absolute atomic E-state index is 14.5. The van der Waals surface area contributed by atoms with Crippen LogP contribution in [-0.2, 0) is 47.8 Å². The lowest BCUT2D eigenvalue weighted by Crippen LogP contribution is -2.70. The Morgan fingerprint density at radius 3 is 1.51 bits per heavy atom. The zero-order valence-electron chi connectivity index (χ0n) is 60.7. The molecule has 5 aliphatic rings. The van der Waals surface area contributed by atoms with Gasteiger partial charge in [0.25, 0.3) is 11.8 Å². The number of carboxylic acids is 4. The molecule has 30 nitrogen and oxygen atoms in total. The quantitative estimate of drug-likeness (QED) is 0.0400. The van der Waals surface area contributed by atoms with Crippen molar-refractivity contribution >= 4 is 53.4 Å². The third-order valence-corrected chi connectivity index (χ3v) is 19.9. The Bertz CT molecular complexity index is 3190. The van der Waals surface area contributed by atoms with Gasteiger partial charge in [0, 0.05) is 124 Å². The van der Waals surface area contributed by atoms with E-state index >= 15 is 0 Å². The summed E-state index contributed by atoms with van der Waals surface area (Å²) in [5.41, 5.74) is 1.63. The average Bonchev–Trinajstić information content (AvgIpc) is 0.819. The number of nitrogens with one attached hydrogen (secondary N) is 3. The highest BCUT2D eigenvalue weighted by Gasteiger charge is 2.62. The van der Waals surface area contributed by atoms with Crippen LogP contribution >= 0.6 is 0 Å². The average molecular weight is 1430 g/mol. The number of nitrogens with zero attached hydrogens (tertiary/aromatic N) is 9. The number of hydrogen-bond donors (Lipinski definition) is 7. The highest BCUT2D eigenvalue weighted by Crippen LogP contribution is 2.58. The normalized spacial score (nSPS) is 19.8. The molecule has 0 unspecified atom stereocenters. The first-order valence-electron chi connectivity index (χ1n) is 35.9. The van der Waals surface area contributed by atoms with Gasteiger partial charge in [0.2, 0.25) is 17.7 Å². The second-order valence-corrected chi connectivity index (χ2v) is 27.8. The molecule has 5 amide bonds. The van der Waals surface area contributed by atoms with E-state index in [0.29, 0.717) is 164 Å². The van der Waals surface area contributed by atoms with E-state index in [1.54, 1.807) is 87.8 Å². The van der Waals surface area contributed by atoms with Gasteiger partial charge >= 0.3 is 23.9 Å². The van der Waals surface area contributed by atoms with Gasteiger partial charge < -0.3 is 74.8 Å². The topological polar surface area (TPSA) is 357 Å². The van der Waals surface area contributed by atoms with Crippen LogP contribution in [0.2, 0.25) is 0 Å². The lowest BCUT2D eigenvalue weighted by molar-refractivity contribution is -0.163. The minimum atomic E-state index is -1.38. The number of ether oxygens (including phenoxy) is 5. The van der Waals surface area contributed by atoms with Crippen LogP contribution in [0.4, 0.5) is 0 Å². The summed E-state index contributed by atoms with van der Waals surface area (Å²) in [6, 6.07) is 12.5. The van der Waals surface area contributed by atoms with Crippen LogP contribution in [0.25, 0.3) is 16.9 Å². The molecule has 7 N–H and O–H groups in total. The van der Waals surface area contributed by atoms with E-state index < -0.39 is 35.3 Å². The fourth-order valence-corrected chi connectivity index (χ4v) is 14.7. The number of carbonyl (C=O) groups excluding carboxylic acids is 5. The van der Waals surface area contributed by atoms with Gasteiger partial charge in [0.05, 0.1) is 83.8 Å². The smallest absolute Gasteiger partial charge is 0.330 e. The molecule has 3 aromatic rings. The monoisotopic (exact) mass is 1430 g/mol. The van der Waals surface area contributed by atoms with Crippen molar-refractivity contribution < 1.29 is 87.3 Å². The predicted molar refractivity (Wildman–Crippen MR) is 378 cm³/mol. The summed E-state index contributed by atoms with van der Waals surface area (Å²) < 4.78 is 30.2. The first kappa shape index (κ1) is 81.5. The molecule has 566 valence electrons. The number of carboxylic acid groups (broad SMARTS) is 4. The van der Waals surface area contributed by atoms with Gasteiger partial charge in [0.15, 0.2) is 5.69 Å². The standard InChI is InChI=1S/C72H110N12O18/c1-50(2)56-44-53(15-16-58(56)84-59(68-60(98-6)13-8-14-61(68)99-7)45-57(76-84)69(94)75-72(71(96)97)54-40-51-39-52(42-54)43-55(72)41-51)70(95)79(5)24-12-22-77(3)21-11-23-78(4)64(87)18-17-62(85)73-19-9-33-100-35-37-102-38-36-101-34-10-20-74-63(86)46-80-25-27-81(47-65(88)89)29-31-83(49-67(92)93)32-30-82(28-26-80)48-66(90)91/h8,13-16,44-45,50-52,54-55H,9-12,17-43,46-49H2,1-7H3,(H,73,85)(H,74,86)(H,75,94)(H,88,89)(H,90,91)(H,92,93)(H,96,97). The second-order valence-electron chi connectivity index (χ2n) is 27.8. The summed E-state index contributed by atoms with van der Waals surface area (Å²) >= 11 is 0. The Morgan fingerprint density at radius 2 is 1.04 bits per heavy atom. The Labute approximate surface area is 598 Å². The maximum atomic E-state index is 14.5. The predicted octanol–water partition coefficient (Wildman–Crippen LogP) is 3.25. The van der Waals surface area contributed by atoms with Gasteiger partial charge in [0.1, 0.15) is 17.0 Å². The van der Waals surface area contributed by atoms with Crippen LogP contribution in [0.15, 0.2) is 42.5 Å². The molecule has 2 heterocycles. The minimum Gasteiger partial charge on any atom is -0.496 e. The molecule has 2 aromatic carbocycles. The number of hydrogen-bond acceptors (Lipinski definition) is 20. The fourth-order valence-electron chi connectivity index (χ4n) is 14.7. The molecule has 0 spiro atoms. The Balaban J connectivity index is 0.730. The molecular formula is C72H110N12O18. The number of amides is 5. The number of benzene rings is 2. The van der Waals surface area contributed by atoms with Crippen LogP contribution in [-0.4, -0.2) is 316 Å². The van der Waals surface area contributed by atoms with Crippen molar-refractivity contribution in [1.29, 1.82) is 0 Å². The summed E-state index contributed by atoms with van der Waals surface area (Å²) in [5.74, 6) is -3.82. The SMILES string of the molecule is COc1cccc(OC)c1-c1cc(C(=O)NC2(C(=O)O)C3CC4CC(C3)CC2C4)nn1-c1ccc(C(=O)N(C)CCCN(C)CCCN(C)C(=O)CCC(=O)NCCCOCCOCCOCCCNC(=O)CN2CCN(CC(=O)O)CCN(CC(=O)O)CCN(CC(=O)O)CC2)cc1C(C)C. The summed E-state index contributed by atoms with van der Waals surface area (Å²) in [4.78, 5) is 127. The van der Waals surface area contributed by atoms with Gasteiger partial charge in [-0.3, -0.25) is 58.0 Å². The van der Waals surface area contributed by atoms with E-state index in [1.165, 1.54) is 0 Å². The third kappa shape index (κ3) is 24.4. The largest absolute Gasteiger partial charge is 0.496 e. The minimum absolute atomic E-state index is 0.0280. The van der Waals surface area contributed by atoms with Crippen molar-refractivity contribution in [1.82, 2.24) is 60.0 Å². The van der Waals surface area contributed by atoms with Crippen LogP contribution < -0.4 is 25.4 Å². The molecule has 0 atom stereocenters. The number of methoxy groups -OCH3 is 2. The summed E-state index contributed by atoms with van der Waals surface area (Å²) in [5, 5.41) is 52.9. The highest BCUT2D eigenvalue weighted by atomic mass is 16.5. The van der Waals surface area contributed by atoms with Gasteiger partial charge in [-0.25, -0.2) is 9.48 Å². The van der Waals surface area contributed by atoms with Crippen molar-refractivity contribution in [3.05, 3.63) is 59.3 Å². The van der Waals surface area contributed by atoms with Crippen molar-refractivity contribution in [3.63, 3.8) is 0 Å². The number of aliphatic carboxylic acids is 4. The van der Waals surface area contributed by atoms with Gasteiger partial charge in [-0.15, -0.1) is 0 Å². The zero-order chi connectivity index (χ0) is 73.9. The van der Waals surface area contributed by atoms with E-state index in [4.69, 9.17) is 28.8 Å². The van der Waals surface area contributed by atoms with E-state index in [1.807, 2.05) is 37.9 Å². The Morgan fingerprint density at radius 1 is 0.569 bits per heavy atom. The first-order valence-corrected chi connectivity index (χ1v) is 35.9. The molecule has 0 radical (unpaired) electrons. The van der Waals surface area contributed by atoms with E-state index in [0.717, 1.165) is 50.6 Å². The fraction of sp³-hybridized carbons (Fsp3) is 0.667. The van der Waals surface area contributed by atoms with E-state index in [2.05, 4.69) is 20.9 Å². The van der Waals surface area contributed by atoms with Crippen molar-refractivity contribution in [2.45, 2.75) is 95.9 Å². The molecule has 4 saturated carbocycles.